The Bertz CT molecular complexity index is 1540. The van der Waals surface area contributed by atoms with Gasteiger partial charge in [-0.2, -0.15) is 0 Å². The SMILES string of the molecule is C=C(S/C=C(\N)c1ccccc1-c1ccc(N2CCCC2=O)nc1)N1CCCC[C@H](Cc2ccccc2)[C@H](CC(=O)O)C1=O. The van der Waals surface area contributed by atoms with Gasteiger partial charge in [0.25, 0.3) is 0 Å². The smallest absolute Gasteiger partial charge is 0.304 e. The summed E-state index contributed by atoms with van der Waals surface area (Å²) in [6.07, 6.45) is 6.11. The molecule has 0 aliphatic carbocycles. The maximum Gasteiger partial charge on any atom is 0.304 e. The number of anilines is 1. The van der Waals surface area contributed by atoms with Crippen LogP contribution in [-0.2, 0) is 20.8 Å². The number of hydrogen-bond acceptors (Lipinski definition) is 6. The van der Waals surface area contributed by atoms with E-state index in [1.54, 1.807) is 21.4 Å². The van der Waals surface area contributed by atoms with Crippen LogP contribution in [0.3, 0.4) is 0 Å². The lowest BCUT2D eigenvalue weighted by atomic mass is 9.79. The summed E-state index contributed by atoms with van der Waals surface area (Å²) in [5.41, 5.74) is 10.8. The van der Waals surface area contributed by atoms with Crippen molar-refractivity contribution >= 4 is 41.1 Å². The number of nitrogens with zero attached hydrogens (tertiary/aromatic N) is 3. The predicted octanol–water partition coefficient (Wildman–Crippen LogP) is 6.30. The second-order valence-electron chi connectivity index (χ2n) is 11.3. The van der Waals surface area contributed by atoms with Crippen molar-refractivity contribution in [2.75, 3.05) is 18.0 Å². The second kappa shape index (κ2) is 14.4. The molecule has 2 saturated heterocycles. The first-order valence-electron chi connectivity index (χ1n) is 15.1. The number of carbonyl (C=O) groups is 3. The molecular weight excluding hydrogens is 572 g/mol. The van der Waals surface area contributed by atoms with Crippen molar-refractivity contribution in [3.8, 4) is 11.1 Å². The molecule has 0 spiro atoms. The van der Waals surface area contributed by atoms with Crippen molar-refractivity contribution in [3.63, 3.8) is 0 Å². The lowest BCUT2D eigenvalue weighted by molar-refractivity contribution is -0.145. The maximum atomic E-state index is 13.9. The number of aliphatic carboxylic acids is 1. The van der Waals surface area contributed by atoms with Crippen LogP contribution < -0.4 is 10.6 Å². The van der Waals surface area contributed by atoms with Gasteiger partial charge < -0.3 is 15.7 Å². The molecule has 2 aromatic carbocycles. The molecule has 2 aliphatic heterocycles. The largest absolute Gasteiger partial charge is 0.481 e. The van der Waals surface area contributed by atoms with Crippen LogP contribution in [0.5, 0.6) is 0 Å². The molecular formula is C35H38N4O4S. The highest BCUT2D eigenvalue weighted by atomic mass is 32.2. The molecule has 0 radical (unpaired) electrons. The number of aromatic nitrogens is 1. The van der Waals surface area contributed by atoms with E-state index in [-0.39, 0.29) is 24.2 Å². The third-order valence-corrected chi connectivity index (χ3v) is 9.23. The quantitative estimate of drug-likeness (QED) is 0.277. The molecule has 3 aromatic rings. The van der Waals surface area contributed by atoms with Crippen LogP contribution in [0.4, 0.5) is 5.82 Å². The standard InChI is InChI=1S/C35H38N4O4S/c1-24(38-18-8-7-12-26(20-25-10-3-2-4-11-25)30(35(38)43)21-34(41)42)44-23-31(36)29-14-6-5-13-28(29)27-16-17-32(37-22-27)39-19-9-15-33(39)40/h2-6,10-11,13-14,16-17,22-23,26,30H,1,7-9,12,15,18-21,36H2,(H,41,42)/b31-23-/t26-,30+/m1/s1. The summed E-state index contributed by atoms with van der Waals surface area (Å²) in [7, 11) is 0. The topological polar surface area (TPSA) is 117 Å². The zero-order chi connectivity index (χ0) is 31.1. The molecule has 0 unspecified atom stereocenters. The van der Waals surface area contributed by atoms with Crippen molar-refractivity contribution in [2.24, 2.45) is 17.6 Å². The van der Waals surface area contributed by atoms with Crippen molar-refractivity contribution in [2.45, 2.75) is 44.9 Å². The van der Waals surface area contributed by atoms with Crippen LogP contribution in [0.15, 0.2) is 89.9 Å². The van der Waals surface area contributed by atoms with Gasteiger partial charge in [-0.05, 0) is 54.9 Å². The Hall–Kier alpha value is -4.37. The average Bonchev–Trinajstić information content (AvgIpc) is 3.47. The van der Waals surface area contributed by atoms with Crippen molar-refractivity contribution in [1.29, 1.82) is 0 Å². The zero-order valence-electron chi connectivity index (χ0n) is 24.7. The summed E-state index contributed by atoms with van der Waals surface area (Å²) in [4.78, 5) is 45.8. The molecule has 1 aromatic heterocycles. The fraction of sp³-hybridized carbons (Fsp3) is 0.314. The number of hydrogen-bond donors (Lipinski definition) is 2. The molecule has 2 fully saturated rings. The summed E-state index contributed by atoms with van der Waals surface area (Å²) >= 11 is 1.27. The molecule has 228 valence electrons. The second-order valence-corrected chi connectivity index (χ2v) is 12.3. The molecule has 0 saturated carbocycles. The number of thioether (sulfide) groups is 1. The molecule has 5 rings (SSSR count). The molecule has 8 nitrogen and oxygen atoms in total. The number of pyridine rings is 1. The Morgan fingerprint density at radius 3 is 2.50 bits per heavy atom. The fourth-order valence-corrected chi connectivity index (χ4v) is 6.78. The van der Waals surface area contributed by atoms with E-state index < -0.39 is 11.9 Å². The minimum atomic E-state index is -0.976. The Labute approximate surface area is 262 Å². The summed E-state index contributed by atoms with van der Waals surface area (Å²) < 4.78 is 0. The molecule has 2 atom stereocenters. The van der Waals surface area contributed by atoms with Gasteiger partial charge in [0.2, 0.25) is 11.8 Å². The van der Waals surface area contributed by atoms with Gasteiger partial charge in [-0.1, -0.05) is 79.4 Å². The highest BCUT2D eigenvalue weighted by Gasteiger charge is 2.36. The van der Waals surface area contributed by atoms with Gasteiger partial charge in [0.05, 0.1) is 17.4 Å². The van der Waals surface area contributed by atoms with E-state index in [1.807, 2.05) is 66.7 Å². The van der Waals surface area contributed by atoms with Crippen LogP contribution >= 0.6 is 11.8 Å². The number of rotatable bonds is 10. The van der Waals surface area contributed by atoms with Crippen molar-refractivity contribution in [3.05, 3.63) is 101 Å². The number of likely N-dealkylation sites (tertiary alicyclic amines) is 1. The lowest BCUT2D eigenvalue weighted by Crippen LogP contribution is -2.41. The van der Waals surface area contributed by atoms with Crippen LogP contribution in [-0.4, -0.2) is 45.9 Å². The Kier molecular flexibility index (Phi) is 10.2. The van der Waals surface area contributed by atoms with Gasteiger partial charge in [0.15, 0.2) is 0 Å². The van der Waals surface area contributed by atoms with Gasteiger partial charge in [-0.25, -0.2) is 4.98 Å². The number of nitrogens with two attached hydrogens (primary N) is 1. The summed E-state index contributed by atoms with van der Waals surface area (Å²) in [6.45, 7) is 5.37. The number of carboxylic acid groups (broad SMARTS) is 1. The molecule has 9 heteroatoms. The average molecular weight is 611 g/mol. The molecule has 2 amide bonds. The molecule has 3 N–H and O–H groups in total. The van der Waals surface area contributed by atoms with Gasteiger partial charge in [-0.3, -0.25) is 19.3 Å². The molecule has 0 bridgehead atoms. The van der Waals surface area contributed by atoms with Gasteiger partial charge in [0.1, 0.15) is 5.82 Å². The van der Waals surface area contributed by atoms with E-state index in [4.69, 9.17) is 5.73 Å². The maximum absolute atomic E-state index is 13.9. The first kappa shape index (κ1) is 31.1. The predicted molar refractivity (Wildman–Crippen MR) is 175 cm³/mol. The minimum absolute atomic E-state index is 0.0716. The zero-order valence-corrected chi connectivity index (χ0v) is 25.5. The Morgan fingerprint density at radius 1 is 1.02 bits per heavy atom. The van der Waals surface area contributed by atoms with Crippen molar-refractivity contribution < 1.29 is 19.5 Å². The molecule has 3 heterocycles. The van der Waals surface area contributed by atoms with Crippen LogP contribution in [0.2, 0.25) is 0 Å². The van der Waals surface area contributed by atoms with Crippen LogP contribution in [0.1, 0.15) is 49.7 Å². The Balaban J connectivity index is 1.32. The summed E-state index contributed by atoms with van der Waals surface area (Å²) in [5, 5.41) is 12.0. The number of carbonyl (C=O) groups excluding carboxylic acids is 2. The third-order valence-electron chi connectivity index (χ3n) is 8.36. The number of carboxylic acids is 1. The van der Waals surface area contributed by atoms with E-state index in [1.165, 1.54) is 11.8 Å². The van der Waals surface area contributed by atoms with Crippen LogP contribution in [0, 0.1) is 11.8 Å². The van der Waals surface area contributed by atoms with E-state index in [0.29, 0.717) is 42.5 Å². The first-order valence-corrected chi connectivity index (χ1v) is 15.9. The van der Waals surface area contributed by atoms with Crippen LogP contribution in [0.25, 0.3) is 16.8 Å². The highest BCUT2D eigenvalue weighted by Crippen LogP contribution is 2.35. The fourth-order valence-electron chi connectivity index (χ4n) is 6.08. The van der Waals surface area contributed by atoms with E-state index >= 15 is 0 Å². The summed E-state index contributed by atoms with van der Waals surface area (Å²) in [5.74, 6) is -1.14. The van der Waals surface area contributed by atoms with Gasteiger partial charge in [0, 0.05) is 47.9 Å². The first-order chi connectivity index (χ1) is 21.3. The third kappa shape index (κ3) is 7.39. The van der Waals surface area contributed by atoms with E-state index in [2.05, 4.69) is 11.6 Å². The number of benzene rings is 2. The van der Waals surface area contributed by atoms with E-state index in [0.717, 1.165) is 47.9 Å². The van der Waals surface area contributed by atoms with Gasteiger partial charge >= 0.3 is 5.97 Å². The normalized spacial score (nSPS) is 19.5. The molecule has 44 heavy (non-hydrogen) atoms. The van der Waals surface area contributed by atoms with Crippen molar-refractivity contribution in [1.82, 2.24) is 9.88 Å². The minimum Gasteiger partial charge on any atom is -0.481 e. The van der Waals surface area contributed by atoms with Gasteiger partial charge in [-0.15, -0.1) is 0 Å². The monoisotopic (exact) mass is 610 g/mol. The highest BCUT2D eigenvalue weighted by molar-refractivity contribution is 8.05. The lowest BCUT2D eigenvalue weighted by Gasteiger charge is -2.34. The Morgan fingerprint density at radius 2 is 1.80 bits per heavy atom. The molecule has 2 aliphatic rings. The number of amides is 2. The summed E-state index contributed by atoms with van der Waals surface area (Å²) in [6, 6.07) is 21.5. The van der Waals surface area contributed by atoms with E-state index in [9.17, 15) is 19.5 Å².